The van der Waals surface area contributed by atoms with Gasteiger partial charge in [0.05, 0.1) is 6.04 Å². The summed E-state index contributed by atoms with van der Waals surface area (Å²) in [5.74, 6) is 1.03. The van der Waals surface area contributed by atoms with E-state index < -0.39 is 5.60 Å². The highest BCUT2D eigenvalue weighted by atomic mass is 16.5. The van der Waals surface area contributed by atoms with Gasteiger partial charge in [-0.25, -0.2) is 0 Å². The van der Waals surface area contributed by atoms with Crippen LogP contribution in [-0.4, -0.2) is 71.9 Å². The van der Waals surface area contributed by atoms with Crippen LogP contribution in [-0.2, 0) is 5.60 Å². The van der Waals surface area contributed by atoms with E-state index in [4.69, 9.17) is 4.52 Å². The van der Waals surface area contributed by atoms with Gasteiger partial charge in [-0.3, -0.25) is 4.90 Å². The Balaban J connectivity index is 1.80. The zero-order valence-electron chi connectivity index (χ0n) is 12.9. The molecule has 0 aliphatic carbocycles. The van der Waals surface area contributed by atoms with E-state index in [1.807, 2.05) is 0 Å². The molecule has 0 spiro atoms. The van der Waals surface area contributed by atoms with E-state index in [2.05, 4.69) is 39.4 Å². The molecule has 1 aromatic heterocycles. The summed E-state index contributed by atoms with van der Waals surface area (Å²) < 4.78 is 5.39. The van der Waals surface area contributed by atoms with Crippen LogP contribution in [0.5, 0.6) is 0 Å². The molecule has 0 saturated carbocycles. The van der Waals surface area contributed by atoms with Gasteiger partial charge in [0, 0.05) is 13.1 Å². The third kappa shape index (κ3) is 3.11. The quantitative estimate of drug-likeness (QED) is 0.792. The van der Waals surface area contributed by atoms with Crippen molar-refractivity contribution in [3.05, 3.63) is 11.7 Å². The highest BCUT2D eigenvalue weighted by Gasteiger charge is 2.38. The smallest absolute Gasteiger partial charge is 0.259 e. The Labute approximate surface area is 125 Å². The van der Waals surface area contributed by atoms with Crippen LogP contribution in [0.1, 0.15) is 37.0 Å². The van der Waals surface area contributed by atoms with Crippen molar-refractivity contribution in [2.75, 3.05) is 46.8 Å². The standard InChI is InChI=1S/C14H25N5O2/c1-18-7-4-8-19(2)11(9-18)12-16-13(21-17-12)14(20)5-3-6-15-10-14/h11,15,20H,3-10H2,1-2H3. The first-order chi connectivity index (χ1) is 10.1. The van der Waals surface area contributed by atoms with Gasteiger partial charge in [0.15, 0.2) is 11.4 Å². The summed E-state index contributed by atoms with van der Waals surface area (Å²) in [6, 6.07) is 0.121. The molecule has 0 radical (unpaired) electrons. The molecule has 2 saturated heterocycles. The lowest BCUT2D eigenvalue weighted by molar-refractivity contribution is -0.0167. The van der Waals surface area contributed by atoms with Crippen LogP contribution in [0.25, 0.3) is 0 Å². The molecule has 2 aliphatic heterocycles. The molecule has 0 bridgehead atoms. The zero-order valence-corrected chi connectivity index (χ0v) is 12.9. The first kappa shape index (κ1) is 14.9. The van der Waals surface area contributed by atoms with E-state index in [0.29, 0.717) is 24.7 Å². The molecule has 2 atom stereocenters. The van der Waals surface area contributed by atoms with Gasteiger partial charge in [-0.1, -0.05) is 5.16 Å². The van der Waals surface area contributed by atoms with Gasteiger partial charge in [0.25, 0.3) is 5.89 Å². The molecule has 2 unspecified atom stereocenters. The molecule has 2 aliphatic rings. The first-order valence-corrected chi connectivity index (χ1v) is 7.74. The van der Waals surface area contributed by atoms with E-state index in [0.717, 1.165) is 39.0 Å². The molecule has 3 heterocycles. The topological polar surface area (TPSA) is 77.7 Å². The molecule has 118 valence electrons. The van der Waals surface area contributed by atoms with Gasteiger partial charge < -0.3 is 19.8 Å². The number of likely N-dealkylation sites (N-methyl/N-ethyl adjacent to an activating group) is 2. The van der Waals surface area contributed by atoms with Gasteiger partial charge in [0.1, 0.15) is 0 Å². The second-order valence-corrected chi connectivity index (χ2v) is 6.38. The number of nitrogens with one attached hydrogen (secondary N) is 1. The molecule has 1 aromatic rings. The van der Waals surface area contributed by atoms with Crippen molar-refractivity contribution in [2.45, 2.75) is 30.9 Å². The molecule has 21 heavy (non-hydrogen) atoms. The van der Waals surface area contributed by atoms with Crippen molar-refractivity contribution in [3.63, 3.8) is 0 Å². The summed E-state index contributed by atoms with van der Waals surface area (Å²) in [6.07, 6.45) is 2.73. The fourth-order valence-corrected chi connectivity index (χ4v) is 3.18. The Morgan fingerprint density at radius 1 is 1.33 bits per heavy atom. The Bertz CT molecular complexity index is 472. The van der Waals surface area contributed by atoms with Crippen molar-refractivity contribution in [1.82, 2.24) is 25.3 Å². The van der Waals surface area contributed by atoms with Crippen LogP contribution in [0.3, 0.4) is 0 Å². The number of aromatic nitrogens is 2. The van der Waals surface area contributed by atoms with E-state index >= 15 is 0 Å². The van der Waals surface area contributed by atoms with Crippen molar-refractivity contribution < 1.29 is 9.63 Å². The maximum atomic E-state index is 10.6. The Kier molecular flexibility index (Phi) is 4.26. The van der Waals surface area contributed by atoms with E-state index in [1.165, 1.54) is 0 Å². The predicted molar refractivity (Wildman–Crippen MR) is 77.8 cm³/mol. The third-order valence-corrected chi connectivity index (χ3v) is 4.57. The van der Waals surface area contributed by atoms with Crippen molar-refractivity contribution >= 4 is 0 Å². The zero-order chi connectivity index (χ0) is 14.9. The van der Waals surface area contributed by atoms with E-state index in [1.54, 1.807) is 0 Å². The largest absolute Gasteiger partial charge is 0.379 e. The fraction of sp³-hybridized carbons (Fsp3) is 0.857. The molecule has 2 N–H and O–H groups in total. The van der Waals surface area contributed by atoms with Crippen molar-refractivity contribution in [2.24, 2.45) is 0 Å². The maximum Gasteiger partial charge on any atom is 0.259 e. The molecular formula is C14H25N5O2. The number of nitrogens with zero attached hydrogens (tertiary/aromatic N) is 4. The number of β-amino-alcohol motifs (C(OH)–C–C–N with tert-alkyl or cyclic N) is 1. The van der Waals surface area contributed by atoms with Gasteiger partial charge >= 0.3 is 0 Å². The van der Waals surface area contributed by atoms with Crippen LogP contribution >= 0.6 is 0 Å². The SMILES string of the molecule is CN1CCCN(C)C(c2noc(C3(O)CCCNC3)n2)C1. The van der Waals surface area contributed by atoms with Gasteiger partial charge in [-0.15, -0.1) is 0 Å². The lowest BCUT2D eigenvalue weighted by atomic mass is 9.94. The third-order valence-electron chi connectivity index (χ3n) is 4.57. The second-order valence-electron chi connectivity index (χ2n) is 6.38. The summed E-state index contributed by atoms with van der Waals surface area (Å²) in [5, 5.41) is 18.0. The Hall–Kier alpha value is -1.02. The molecule has 2 fully saturated rings. The molecule has 0 amide bonds. The minimum absolute atomic E-state index is 0.121. The fourth-order valence-electron chi connectivity index (χ4n) is 3.18. The normalized spacial score (nSPS) is 33.0. The van der Waals surface area contributed by atoms with E-state index in [9.17, 15) is 5.11 Å². The summed E-state index contributed by atoms with van der Waals surface area (Å²) in [4.78, 5) is 9.08. The number of hydrogen-bond acceptors (Lipinski definition) is 7. The van der Waals surface area contributed by atoms with E-state index in [-0.39, 0.29) is 6.04 Å². The Morgan fingerprint density at radius 2 is 2.19 bits per heavy atom. The summed E-state index contributed by atoms with van der Waals surface area (Å²) in [5.41, 5.74) is -1.02. The molecule has 7 heteroatoms. The second kappa shape index (κ2) is 6.00. The van der Waals surface area contributed by atoms with Crippen LogP contribution in [0.4, 0.5) is 0 Å². The number of aliphatic hydroxyl groups is 1. The average molecular weight is 295 g/mol. The predicted octanol–water partition coefficient (Wildman–Crippen LogP) is -0.0510. The molecule has 0 aromatic carbocycles. The highest BCUT2D eigenvalue weighted by Crippen LogP contribution is 2.29. The number of piperidine rings is 1. The minimum Gasteiger partial charge on any atom is -0.379 e. The van der Waals surface area contributed by atoms with Crippen LogP contribution in [0.15, 0.2) is 4.52 Å². The number of hydrogen-bond donors (Lipinski definition) is 2. The average Bonchev–Trinajstić information content (AvgIpc) is 2.89. The molecule has 3 rings (SSSR count). The first-order valence-electron chi connectivity index (χ1n) is 7.74. The molecular weight excluding hydrogens is 270 g/mol. The maximum absolute atomic E-state index is 10.6. The Morgan fingerprint density at radius 3 is 2.95 bits per heavy atom. The lowest BCUT2D eigenvalue weighted by Gasteiger charge is -2.29. The van der Waals surface area contributed by atoms with Crippen LogP contribution < -0.4 is 5.32 Å². The molecule has 7 nitrogen and oxygen atoms in total. The number of rotatable bonds is 2. The van der Waals surface area contributed by atoms with Crippen molar-refractivity contribution in [3.8, 4) is 0 Å². The monoisotopic (exact) mass is 295 g/mol. The lowest BCUT2D eigenvalue weighted by Crippen LogP contribution is -2.43. The van der Waals surface area contributed by atoms with Crippen molar-refractivity contribution in [1.29, 1.82) is 0 Å². The minimum atomic E-state index is -1.02. The summed E-state index contributed by atoms with van der Waals surface area (Å²) in [7, 11) is 4.21. The highest BCUT2D eigenvalue weighted by molar-refractivity contribution is 5.05. The van der Waals surface area contributed by atoms with Gasteiger partial charge in [-0.2, -0.15) is 4.98 Å². The van der Waals surface area contributed by atoms with Gasteiger partial charge in [0.2, 0.25) is 0 Å². The summed E-state index contributed by atoms with van der Waals surface area (Å²) in [6.45, 7) is 4.39. The van der Waals surface area contributed by atoms with Crippen LogP contribution in [0.2, 0.25) is 0 Å². The summed E-state index contributed by atoms with van der Waals surface area (Å²) >= 11 is 0. The van der Waals surface area contributed by atoms with Gasteiger partial charge in [-0.05, 0) is 53.0 Å². The van der Waals surface area contributed by atoms with Crippen LogP contribution in [0, 0.1) is 0 Å².